The first-order chi connectivity index (χ1) is 11.2. The SMILES string of the molecule is COc1ccc(CSc2nnc(Cc3cccs3)n2C)cc1Br. The summed E-state index contributed by atoms with van der Waals surface area (Å²) in [7, 11) is 3.69. The second-order valence-corrected chi connectivity index (χ2v) is 7.80. The molecule has 0 bridgehead atoms. The minimum absolute atomic E-state index is 0.829. The fourth-order valence-corrected chi connectivity index (χ4v) is 4.30. The Kier molecular flexibility index (Phi) is 5.40. The van der Waals surface area contributed by atoms with Gasteiger partial charge in [0.2, 0.25) is 0 Å². The van der Waals surface area contributed by atoms with Crippen LogP contribution in [0.25, 0.3) is 0 Å². The monoisotopic (exact) mass is 409 g/mol. The van der Waals surface area contributed by atoms with Gasteiger partial charge in [-0.1, -0.05) is 23.9 Å². The first-order valence-corrected chi connectivity index (χ1v) is 9.69. The normalized spacial score (nSPS) is 10.9. The van der Waals surface area contributed by atoms with Gasteiger partial charge in [0.15, 0.2) is 5.16 Å². The molecule has 0 atom stereocenters. The van der Waals surface area contributed by atoms with E-state index in [0.717, 1.165) is 33.4 Å². The second-order valence-electron chi connectivity index (χ2n) is 4.97. The van der Waals surface area contributed by atoms with Gasteiger partial charge in [-0.15, -0.1) is 21.5 Å². The Morgan fingerprint density at radius 1 is 1.30 bits per heavy atom. The molecule has 0 aliphatic carbocycles. The summed E-state index contributed by atoms with van der Waals surface area (Å²) < 4.78 is 8.30. The number of methoxy groups -OCH3 is 1. The Labute approximate surface area is 152 Å². The molecule has 0 radical (unpaired) electrons. The third kappa shape index (κ3) is 3.97. The number of benzene rings is 1. The molecule has 23 heavy (non-hydrogen) atoms. The van der Waals surface area contributed by atoms with Gasteiger partial charge in [0.25, 0.3) is 0 Å². The van der Waals surface area contributed by atoms with Gasteiger partial charge < -0.3 is 9.30 Å². The highest BCUT2D eigenvalue weighted by atomic mass is 79.9. The third-order valence-electron chi connectivity index (χ3n) is 3.42. The lowest BCUT2D eigenvalue weighted by atomic mass is 10.2. The Bertz CT molecular complexity index is 787. The number of rotatable bonds is 6. The van der Waals surface area contributed by atoms with Gasteiger partial charge in [-0.2, -0.15) is 0 Å². The molecule has 3 rings (SSSR count). The number of nitrogens with zero attached hydrogens (tertiary/aromatic N) is 3. The van der Waals surface area contributed by atoms with E-state index in [0.29, 0.717) is 0 Å². The van der Waals surface area contributed by atoms with E-state index >= 15 is 0 Å². The van der Waals surface area contributed by atoms with Crippen molar-refractivity contribution in [2.45, 2.75) is 17.3 Å². The molecular weight excluding hydrogens is 394 g/mol. The lowest BCUT2D eigenvalue weighted by molar-refractivity contribution is 0.412. The molecule has 0 N–H and O–H groups in total. The van der Waals surface area contributed by atoms with Crippen molar-refractivity contribution in [2.24, 2.45) is 7.05 Å². The topological polar surface area (TPSA) is 39.9 Å². The molecular formula is C16H16BrN3OS2. The fourth-order valence-electron chi connectivity index (χ4n) is 2.14. The van der Waals surface area contributed by atoms with Crippen LogP contribution in [0.1, 0.15) is 16.3 Å². The van der Waals surface area contributed by atoms with Crippen molar-refractivity contribution in [1.29, 1.82) is 0 Å². The van der Waals surface area contributed by atoms with Crippen LogP contribution >= 0.6 is 39.0 Å². The van der Waals surface area contributed by atoms with Crippen LogP contribution in [0.3, 0.4) is 0 Å². The fraction of sp³-hybridized carbons (Fsp3) is 0.250. The Hall–Kier alpha value is -1.31. The predicted octanol–water partition coefficient (Wildman–Crippen LogP) is 4.53. The molecule has 120 valence electrons. The smallest absolute Gasteiger partial charge is 0.191 e. The van der Waals surface area contributed by atoms with Crippen molar-refractivity contribution < 1.29 is 4.74 Å². The Balaban J connectivity index is 1.67. The van der Waals surface area contributed by atoms with E-state index in [1.807, 2.05) is 13.1 Å². The molecule has 0 saturated heterocycles. The molecule has 4 nitrogen and oxygen atoms in total. The van der Waals surface area contributed by atoms with Crippen LogP contribution < -0.4 is 4.74 Å². The van der Waals surface area contributed by atoms with Gasteiger partial charge >= 0.3 is 0 Å². The molecule has 0 unspecified atom stereocenters. The molecule has 1 aromatic carbocycles. The zero-order valence-corrected chi connectivity index (χ0v) is 16.0. The van der Waals surface area contributed by atoms with E-state index in [1.54, 1.807) is 30.2 Å². The Morgan fingerprint density at radius 3 is 2.87 bits per heavy atom. The average Bonchev–Trinajstić information content (AvgIpc) is 3.17. The minimum Gasteiger partial charge on any atom is -0.496 e. The van der Waals surface area contributed by atoms with Crippen LogP contribution in [0.5, 0.6) is 5.75 Å². The third-order valence-corrected chi connectivity index (χ3v) is 6.01. The zero-order valence-electron chi connectivity index (χ0n) is 12.8. The summed E-state index contributed by atoms with van der Waals surface area (Å²) in [5.74, 6) is 2.68. The van der Waals surface area contributed by atoms with Crippen molar-refractivity contribution in [3.05, 3.63) is 56.4 Å². The molecule has 0 fully saturated rings. The lowest BCUT2D eigenvalue weighted by Gasteiger charge is -2.06. The van der Waals surface area contributed by atoms with Gasteiger partial charge in [-0.25, -0.2) is 0 Å². The molecule has 2 aromatic heterocycles. The number of halogens is 1. The maximum absolute atomic E-state index is 5.26. The molecule has 3 aromatic rings. The second kappa shape index (κ2) is 7.51. The first kappa shape index (κ1) is 16.5. The summed E-state index contributed by atoms with van der Waals surface area (Å²) in [6.07, 6.45) is 0.829. The van der Waals surface area contributed by atoms with Gasteiger partial charge in [-0.05, 0) is 45.1 Å². The number of hydrogen-bond acceptors (Lipinski definition) is 5. The van der Waals surface area contributed by atoms with Gasteiger partial charge in [0.05, 0.1) is 11.6 Å². The van der Waals surface area contributed by atoms with Crippen LogP contribution in [0, 0.1) is 0 Å². The van der Waals surface area contributed by atoms with Crippen molar-refractivity contribution >= 4 is 39.0 Å². The van der Waals surface area contributed by atoms with Crippen molar-refractivity contribution in [1.82, 2.24) is 14.8 Å². The van der Waals surface area contributed by atoms with E-state index in [1.165, 1.54) is 10.4 Å². The maximum Gasteiger partial charge on any atom is 0.191 e. The van der Waals surface area contributed by atoms with Gasteiger partial charge in [-0.3, -0.25) is 0 Å². The van der Waals surface area contributed by atoms with E-state index in [-0.39, 0.29) is 0 Å². The van der Waals surface area contributed by atoms with Crippen molar-refractivity contribution in [3.8, 4) is 5.75 Å². The number of thioether (sulfide) groups is 1. The zero-order chi connectivity index (χ0) is 16.2. The highest BCUT2D eigenvalue weighted by molar-refractivity contribution is 9.10. The van der Waals surface area contributed by atoms with E-state index in [9.17, 15) is 0 Å². The quantitative estimate of drug-likeness (QED) is 0.560. The molecule has 0 amide bonds. The first-order valence-electron chi connectivity index (χ1n) is 7.03. The highest BCUT2D eigenvalue weighted by Crippen LogP contribution is 2.29. The van der Waals surface area contributed by atoms with Crippen molar-refractivity contribution in [3.63, 3.8) is 0 Å². The average molecular weight is 410 g/mol. The lowest BCUT2D eigenvalue weighted by Crippen LogP contribution is -1.99. The summed E-state index contributed by atoms with van der Waals surface area (Å²) in [6, 6.07) is 10.3. The molecule has 7 heteroatoms. The molecule has 0 aliphatic rings. The van der Waals surface area contributed by atoms with Crippen LogP contribution in [-0.4, -0.2) is 21.9 Å². The predicted molar refractivity (Wildman–Crippen MR) is 98.4 cm³/mol. The number of hydrogen-bond donors (Lipinski definition) is 0. The summed E-state index contributed by atoms with van der Waals surface area (Å²) >= 11 is 6.95. The van der Waals surface area contributed by atoms with Crippen LogP contribution in [0.15, 0.2) is 45.3 Å². The number of aromatic nitrogens is 3. The molecule has 0 spiro atoms. The maximum atomic E-state index is 5.26. The van der Waals surface area contributed by atoms with Crippen LogP contribution in [0.4, 0.5) is 0 Å². The standard InChI is InChI=1S/C16H16BrN3OS2/c1-20-15(9-12-4-3-7-22-12)18-19-16(20)23-10-11-5-6-14(21-2)13(17)8-11/h3-8H,9-10H2,1-2H3. The number of thiophene rings is 1. The van der Waals surface area contributed by atoms with Gasteiger partial charge in [0, 0.05) is 24.1 Å². The highest BCUT2D eigenvalue weighted by Gasteiger charge is 2.11. The molecule has 2 heterocycles. The Morgan fingerprint density at radius 2 is 2.17 bits per heavy atom. The van der Waals surface area contributed by atoms with Gasteiger partial charge in [0.1, 0.15) is 11.6 Å². The summed E-state index contributed by atoms with van der Waals surface area (Å²) in [4.78, 5) is 1.30. The minimum atomic E-state index is 0.829. The summed E-state index contributed by atoms with van der Waals surface area (Å²) in [6.45, 7) is 0. The van der Waals surface area contributed by atoms with E-state index in [2.05, 4.69) is 60.3 Å². The van der Waals surface area contributed by atoms with Crippen molar-refractivity contribution in [2.75, 3.05) is 7.11 Å². The summed E-state index contributed by atoms with van der Waals surface area (Å²) in [5, 5.41) is 11.6. The van der Waals surface area contributed by atoms with E-state index < -0.39 is 0 Å². The van der Waals surface area contributed by atoms with Crippen LogP contribution in [-0.2, 0) is 19.2 Å². The number of ether oxygens (including phenoxy) is 1. The van der Waals surface area contributed by atoms with Crippen LogP contribution in [0.2, 0.25) is 0 Å². The molecule has 0 saturated carbocycles. The summed E-state index contributed by atoms with van der Waals surface area (Å²) in [5.41, 5.74) is 1.21. The molecule has 0 aliphatic heterocycles. The largest absolute Gasteiger partial charge is 0.496 e. The van der Waals surface area contributed by atoms with E-state index in [4.69, 9.17) is 4.74 Å².